The number of rotatable bonds is 3. The van der Waals surface area contributed by atoms with Crippen molar-refractivity contribution >= 4 is 51.4 Å². The van der Waals surface area contributed by atoms with Gasteiger partial charge in [-0.1, -0.05) is 34.8 Å². The van der Waals surface area contributed by atoms with Gasteiger partial charge in [-0.15, -0.1) is 0 Å². The molecule has 0 unspecified atom stereocenters. The number of pyridine rings is 2. The van der Waals surface area contributed by atoms with Gasteiger partial charge in [0, 0.05) is 35.6 Å². The molecular formula is C18H14Cl3N3O. The number of fused-ring (bicyclic) bond motifs is 1. The van der Waals surface area contributed by atoms with Crippen LogP contribution in [0.15, 0.2) is 30.5 Å². The molecule has 1 fully saturated rings. The van der Waals surface area contributed by atoms with E-state index in [0.717, 1.165) is 36.1 Å². The van der Waals surface area contributed by atoms with E-state index >= 15 is 0 Å². The first-order chi connectivity index (χ1) is 12.1. The molecule has 3 aromatic rings. The molecule has 3 heterocycles. The van der Waals surface area contributed by atoms with Gasteiger partial charge in [0.15, 0.2) is 0 Å². The topological polar surface area (TPSA) is 38.2 Å². The fraction of sp³-hybridized carbons (Fsp3) is 0.222. The summed E-state index contributed by atoms with van der Waals surface area (Å²) in [7, 11) is 1.57. The van der Waals surface area contributed by atoms with Crippen molar-refractivity contribution in [2.45, 2.75) is 6.42 Å². The first kappa shape index (κ1) is 16.7. The lowest BCUT2D eigenvalue weighted by atomic mass is 10.1. The number of aromatic nitrogens is 2. The van der Waals surface area contributed by atoms with E-state index in [0.29, 0.717) is 32.2 Å². The maximum Gasteiger partial charge on any atom is 0.138 e. The SMILES string of the molecule is COc1ccc(Cl)c(-c2cc3cnc(Cl)cc3c(N3CCC3)n2)c1Cl. The Morgan fingerprint density at radius 2 is 1.92 bits per heavy atom. The average molecular weight is 395 g/mol. The minimum absolute atomic E-state index is 0.443. The van der Waals surface area contributed by atoms with Crippen molar-refractivity contribution in [3.8, 4) is 17.0 Å². The largest absolute Gasteiger partial charge is 0.495 e. The van der Waals surface area contributed by atoms with E-state index in [1.54, 1.807) is 25.4 Å². The molecule has 0 amide bonds. The van der Waals surface area contributed by atoms with Gasteiger partial charge in [-0.25, -0.2) is 9.97 Å². The normalized spacial score (nSPS) is 13.8. The number of methoxy groups -OCH3 is 1. The Labute approximate surface area is 160 Å². The van der Waals surface area contributed by atoms with Gasteiger partial charge in [0.05, 0.1) is 22.8 Å². The quantitative estimate of drug-likeness (QED) is 0.552. The molecule has 1 aliphatic rings. The van der Waals surface area contributed by atoms with Crippen LogP contribution in [0.3, 0.4) is 0 Å². The van der Waals surface area contributed by atoms with Crippen LogP contribution in [-0.4, -0.2) is 30.2 Å². The number of halogens is 3. The number of hydrogen-bond acceptors (Lipinski definition) is 4. The third-order valence-electron chi connectivity index (χ3n) is 4.35. The lowest BCUT2D eigenvalue weighted by molar-refractivity contribution is 0.415. The average Bonchev–Trinajstić information content (AvgIpc) is 2.54. The number of hydrogen-bond donors (Lipinski definition) is 0. The van der Waals surface area contributed by atoms with E-state index in [1.807, 2.05) is 12.1 Å². The summed E-state index contributed by atoms with van der Waals surface area (Å²) >= 11 is 19.0. The molecule has 1 aromatic carbocycles. The Morgan fingerprint density at radius 3 is 2.60 bits per heavy atom. The summed E-state index contributed by atoms with van der Waals surface area (Å²) in [5.74, 6) is 1.43. The van der Waals surface area contributed by atoms with Gasteiger partial charge in [0.25, 0.3) is 0 Å². The summed E-state index contributed by atoms with van der Waals surface area (Å²) in [5, 5.41) is 3.32. The summed E-state index contributed by atoms with van der Waals surface area (Å²) in [6.45, 7) is 1.93. The Bertz CT molecular complexity index is 973. The van der Waals surface area contributed by atoms with Crippen molar-refractivity contribution in [2.24, 2.45) is 0 Å². The van der Waals surface area contributed by atoms with Crippen molar-refractivity contribution in [2.75, 3.05) is 25.1 Å². The smallest absolute Gasteiger partial charge is 0.138 e. The highest BCUT2D eigenvalue weighted by atomic mass is 35.5. The maximum absolute atomic E-state index is 6.51. The molecule has 0 aliphatic carbocycles. The molecule has 0 saturated carbocycles. The standard InChI is InChI=1S/C18H14Cl3N3O/c1-25-14-4-3-12(19)16(17(14)21)13-7-10-9-22-15(20)8-11(10)18(23-13)24-5-2-6-24/h3-4,7-9H,2,5-6H2,1H3. The molecule has 0 N–H and O–H groups in total. The predicted octanol–water partition coefficient (Wildman–Crippen LogP) is 5.48. The van der Waals surface area contributed by atoms with Crippen LogP contribution in [0.5, 0.6) is 5.75 Å². The van der Waals surface area contributed by atoms with Gasteiger partial charge in [-0.2, -0.15) is 0 Å². The second-order valence-corrected chi connectivity index (χ2v) is 7.01. The fourth-order valence-corrected chi connectivity index (χ4v) is 3.73. The van der Waals surface area contributed by atoms with Crippen LogP contribution >= 0.6 is 34.8 Å². The van der Waals surface area contributed by atoms with Crippen LogP contribution in [0.25, 0.3) is 22.0 Å². The highest BCUT2D eigenvalue weighted by Crippen LogP contribution is 2.42. The summed E-state index contributed by atoms with van der Waals surface area (Å²) in [5.41, 5.74) is 1.34. The molecule has 7 heteroatoms. The summed E-state index contributed by atoms with van der Waals surface area (Å²) < 4.78 is 5.32. The van der Waals surface area contributed by atoms with Gasteiger partial charge < -0.3 is 9.64 Å². The predicted molar refractivity (Wildman–Crippen MR) is 103 cm³/mol. The third kappa shape index (κ3) is 2.88. The molecule has 4 rings (SSSR count). The summed E-state index contributed by atoms with van der Waals surface area (Å²) in [6, 6.07) is 7.27. The minimum Gasteiger partial charge on any atom is -0.495 e. The van der Waals surface area contributed by atoms with Gasteiger partial charge >= 0.3 is 0 Å². The molecule has 4 nitrogen and oxygen atoms in total. The number of ether oxygens (including phenoxy) is 1. The van der Waals surface area contributed by atoms with Crippen LogP contribution in [-0.2, 0) is 0 Å². The zero-order valence-electron chi connectivity index (χ0n) is 13.4. The zero-order chi connectivity index (χ0) is 17.6. The highest BCUT2D eigenvalue weighted by Gasteiger charge is 2.22. The van der Waals surface area contributed by atoms with Gasteiger partial charge in [-0.05, 0) is 30.7 Å². The van der Waals surface area contributed by atoms with Gasteiger partial charge in [0.2, 0.25) is 0 Å². The Morgan fingerprint density at radius 1 is 1.12 bits per heavy atom. The fourth-order valence-electron chi connectivity index (χ4n) is 2.93. The summed E-state index contributed by atoms with van der Waals surface area (Å²) in [6.07, 6.45) is 2.89. The van der Waals surface area contributed by atoms with Crippen LogP contribution in [0.2, 0.25) is 15.2 Å². The molecule has 1 saturated heterocycles. The van der Waals surface area contributed by atoms with E-state index in [-0.39, 0.29) is 0 Å². The van der Waals surface area contributed by atoms with Gasteiger partial charge in [0.1, 0.15) is 16.7 Å². The second kappa shape index (κ2) is 6.52. The zero-order valence-corrected chi connectivity index (χ0v) is 15.7. The van der Waals surface area contributed by atoms with Crippen molar-refractivity contribution in [1.82, 2.24) is 9.97 Å². The number of anilines is 1. The first-order valence-electron chi connectivity index (χ1n) is 7.82. The Balaban J connectivity index is 1.99. The molecule has 128 valence electrons. The molecule has 1 aliphatic heterocycles. The Hall–Kier alpha value is -1.75. The highest BCUT2D eigenvalue weighted by molar-refractivity contribution is 6.40. The van der Waals surface area contributed by atoms with Crippen LogP contribution in [0.4, 0.5) is 5.82 Å². The Kier molecular flexibility index (Phi) is 4.36. The van der Waals surface area contributed by atoms with E-state index in [1.165, 1.54) is 0 Å². The van der Waals surface area contributed by atoms with Crippen LogP contribution in [0.1, 0.15) is 6.42 Å². The van der Waals surface area contributed by atoms with Crippen LogP contribution in [0, 0.1) is 0 Å². The lowest BCUT2D eigenvalue weighted by Gasteiger charge is -2.33. The monoisotopic (exact) mass is 393 g/mol. The maximum atomic E-state index is 6.51. The van der Waals surface area contributed by atoms with E-state index in [9.17, 15) is 0 Å². The molecule has 0 bridgehead atoms. The van der Waals surface area contributed by atoms with Crippen molar-refractivity contribution in [3.05, 3.63) is 45.7 Å². The third-order valence-corrected chi connectivity index (χ3v) is 5.25. The van der Waals surface area contributed by atoms with Crippen LogP contribution < -0.4 is 9.64 Å². The van der Waals surface area contributed by atoms with Gasteiger partial charge in [-0.3, -0.25) is 0 Å². The van der Waals surface area contributed by atoms with E-state index in [4.69, 9.17) is 44.5 Å². The van der Waals surface area contributed by atoms with E-state index < -0.39 is 0 Å². The molecule has 0 spiro atoms. The number of benzene rings is 1. The molecule has 25 heavy (non-hydrogen) atoms. The molecule has 2 aromatic heterocycles. The second-order valence-electron chi connectivity index (χ2n) is 5.84. The minimum atomic E-state index is 0.443. The number of nitrogens with zero attached hydrogens (tertiary/aromatic N) is 3. The summed E-state index contributed by atoms with van der Waals surface area (Å²) in [4.78, 5) is 11.3. The van der Waals surface area contributed by atoms with E-state index in [2.05, 4.69) is 9.88 Å². The van der Waals surface area contributed by atoms with Crippen molar-refractivity contribution < 1.29 is 4.74 Å². The molecular weight excluding hydrogens is 381 g/mol. The van der Waals surface area contributed by atoms with Crippen molar-refractivity contribution in [3.63, 3.8) is 0 Å². The lowest BCUT2D eigenvalue weighted by Crippen LogP contribution is -2.37. The molecule has 0 atom stereocenters. The van der Waals surface area contributed by atoms with Crippen molar-refractivity contribution in [1.29, 1.82) is 0 Å². The first-order valence-corrected chi connectivity index (χ1v) is 8.95. The molecule has 0 radical (unpaired) electrons.